The molecule has 0 amide bonds. The van der Waals surface area contributed by atoms with Crippen LogP contribution in [0.2, 0.25) is 0 Å². The molecule has 8 aromatic rings. The van der Waals surface area contributed by atoms with Crippen molar-refractivity contribution in [2.24, 2.45) is 0 Å². The first-order valence-electron chi connectivity index (χ1n) is 16.7. The molecular weight excluding hydrogens is 579 g/mol. The predicted octanol–water partition coefficient (Wildman–Crippen LogP) is 12.9. The fraction of sp³-hybridized carbons (Fsp3) is 0.0638. The fourth-order valence-electron chi connectivity index (χ4n) is 6.40. The van der Waals surface area contributed by atoms with Gasteiger partial charge in [0.15, 0.2) is 0 Å². The highest BCUT2D eigenvalue weighted by Gasteiger charge is 2.15. The fourth-order valence-corrected chi connectivity index (χ4v) is 6.40. The highest BCUT2D eigenvalue weighted by Crippen LogP contribution is 2.39. The minimum absolute atomic E-state index is 1.06. The lowest BCUT2D eigenvalue weighted by Crippen LogP contribution is -2.10. The van der Waals surface area contributed by atoms with Crippen LogP contribution in [0.15, 0.2) is 194 Å². The topological polar surface area (TPSA) is 3.24 Å². The van der Waals surface area contributed by atoms with Crippen LogP contribution < -0.4 is 4.90 Å². The molecule has 0 aliphatic carbocycles. The van der Waals surface area contributed by atoms with Gasteiger partial charge in [-0.15, -0.1) is 0 Å². The molecule has 48 heavy (non-hydrogen) atoms. The predicted molar refractivity (Wildman–Crippen MR) is 207 cm³/mol. The summed E-state index contributed by atoms with van der Waals surface area (Å²) in [4.78, 5) is 2.35. The third-order valence-electron chi connectivity index (χ3n) is 8.99. The van der Waals surface area contributed by atoms with E-state index in [-0.39, 0.29) is 0 Å². The van der Waals surface area contributed by atoms with Crippen molar-refractivity contribution in [3.05, 3.63) is 211 Å². The van der Waals surface area contributed by atoms with Gasteiger partial charge in [-0.2, -0.15) is 0 Å². The van der Waals surface area contributed by atoms with E-state index >= 15 is 0 Å². The van der Waals surface area contributed by atoms with Crippen LogP contribution in [0.4, 0.5) is 17.1 Å². The van der Waals surface area contributed by atoms with Crippen molar-refractivity contribution in [2.45, 2.75) is 19.8 Å². The van der Waals surface area contributed by atoms with Gasteiger partial charge in [0.25, 0.3) is 0 Å². The average Bonchev–Trinajstić information content (AvgIpc) is 3.16. The van der Waals surface area contributed by atoms with Crippen molar-refractivity contribution in [1.29, 1.82) is 0 Å². The van der Waals surface area contributed by atoms with E-state index in [4.69, 9.17) is 0 Å². The highest BCUT2D eigenvalue weighted by molar-refractivity contribution is 5.99. The van der Waals surface area contributed by atoms with E-state index in [1.54, 1.807) is 0 Å². The molecule has 0 heterocycles. The smallest absolute Gasteiger partial charge is 0.0540 e. The first-order chi connectivity index (χ1) is 23.7. The second-order valence-electron chi connectivity index (χ2n) is 12.2. The van der Waals surface area contributed by atoms with Gasteiger partial charge in [0, 0.05) is 16.8 Å². The van der Waals surface area contributed by atoms with Gasteiger partial charge in [0.05, 0.1) is 5.69 Å². The van der Waals surface area contributed by atoms with E-state index in [9.17, 15) is 0 Å². The first-order valence-corrected chi connectivity index (χ1v) is 16.7. The van der Waals surface area contributed by atoms with Crippen LogP contribution in [-0.4, -0.2) is 0 Å². The Balaban J connectivity index is 0.000000280. The van der Waals surface area contributed by atoms with E-state index in [0.717, 1.165) is 24.2 Å². The molecule has 0 spiro atoms. The number of fused-ring (bicyclic) bond motifs is 2. The molecule has 0 bridgehead atoms. The monoisotopic (exact) mass is 617 g/mol. The lowest BCUT2D eigenvalue weighted by molar-refractivity contribution is 0.960. The van der Waals surface area contributed by atoms with Crippen LogP contribution in [0, 0.1) is 6.92 Å². The van der Waals surface area contributed by atoms with Crippen molar-refractivity contribution in [3.8, 4) is 11.1 Å². The zero-order chi connectivity index (χ0) is 32.5. The van der Waals surface area contributed by atoms with Crippen LogP contribution in [0.1, 0.15) is 16.7 Å². The molecule has 0 aliphatic heterocycles. The molecule has 8 rings (SSSR count). The zero-order valence-corrected chi connectivity index (χ0v) is 27.3. The number of hydrogen-bond acceptors (Lipinski definition) is 1. The van der Waals surface area contributed by atoms with E-state index in [0.29, 0.717) is 0 Å². The van der Waals surface area contributed by atoms with E-state index < -0.39 is 0 Å². The summed E-state index contributed by atoms with van der Waals surface area (Å²) in [6.07, 6.45) is 2.12. The third-order valence-corrected chi connectivity index (χ3v) is 8.99. The maximum Gasteiger partial charge on any atom is 0.0540 e. The lowest BCUT2D eigenvalue weighted by Gasteiger charge is -2.27. The van der Waals surface area contributed by atoms with E-state index in [1.807, 2.05) is 0 Å². The first kappa shape index (κ1) is 30.7. The van der Waals surface area contributed by atoms with Gasteiger partial charge in [-0.1, -0.05) is 164 Å². The molecule has 0 saturated heterocycles. The Bertz CT molecular complexity index is 2210. The Kier molecular flexibility index (Phi) is 9.39. The Morgan fingerprint density at radius 3 is 1.46 bits per heavy atom. The molecule has 0 fully saturated rings. The molecule has 0 aliphatic rings. The molecule has 0 N–H and O–H groups in total. The minimum Gasteiger partial charge on any atom is -0.310 e. The van der Waals surface area contributed by atoms with Crippen molar-refractivity contribution in [2.75, 3.05) is 4.90 Å². The lowest BCUT2D eigenvalue weighted by atomic mass is 10.00. The summed E-state index contributed by atoms with van der Waals surface area (Å²) in [5.74, 6) is 0. The maximum absolute atomic E-state index is 2.35. The molecule has 232 valence electrons. The van der Waals surface area contributed by atoms with Crippen molar-refractivity contribution in [1.82, 2.24) is 0 Å². The second-order valence-corrected chi connectivity index (χ2v) is 12.2. The molecule has 0 unspecified atom stereocenters. The largest absolute Gasteiger partial charge is 0.310 e. The van der Waals surface area contributed by atoms with Gasteiger partial charge >= 0.3 is 0 Å². The van der Waals surface area contributed by atoms with Crippen LogP contribution in [0.25, 0.3) is 32.7 Å². The summed E-state index contributed by atoms with van der Waals surface area (Å²) in [6.45, 7) is 2.14. The number of benzene rings is 8. The maximum atomic E-state index is 2.35. The van der Waals surface area contributed by atoms with Crippen LogP contribution in [0.5, 0.6) is 0 Å². The quantitative estimate of drug-likeness (QED) is 0.172. The Morgan fingerprint density at radius 1 is 0.354 bits per heavy atom. The normalized spacial score (nSPS) is 10.8. The molecule has 0 radical (unpaired) electrons. The molecule has 0 saturated carbocycles. The van der Waals surface area contributed by atoms with E-state index in [1.165, 1.54) is 55.0 Å². The van der Waals surface area contributed by atoms with Crippen LogP contribution in [0.3, 0.4) is 0 Å². The van der Waals surface area contributed by atoms with Gasteiger partial charge in [0.2, 0.25) is 0 Å². The Labute approximate surface area is 284 Å². The second kappa shape index (κ2) is 14.7. The number of nitrogens with zero attached hydrogens (tertiary/aromatic N) is 1. The van der Waals surface area contributed by atoms with Gasteiger partial charge in [-0.3, -0.25) is 0 Å². The van der Waals surface area contributed by atoms with E-state index in [2.05, 4.69) is 206 Å². The SMILES string of the molecule is Cc1cccc2ccccc12.c1ccc(CCc2ccc(-c3ccc(N(c4ccccc4)c4cccc5ccccc45)cc3)cc2)cc1. The Morgan fingerprint density at radius 2 is 0.812 bits per heavy atom. The Hall–Kier alpha value is -5.92. The number of anilines is 3. The third kappa shape index (κ3) is 7.07. The number of aryl methyl sites for hydroxylation is 3. The summed E-state index contributed by atoms with van der Waals surface area (Å²) in [5, 5.41) is 5.16. The summed E-state index contributed by atoms with van der Waals surface area (Å²) < 4.78 is 0. The average molecular weight is 618 g/mol. The van der Waals surface area contributed by atoms with Crippen LogP contribution in [-0.2, 0) is 12.8 Å². The number of rotatable bonds is 7. The highest BCUT2D eigenvalue weighted by atomic mass is 15.1. The molecule has 8 aromatic carbocycles. The molecule has 0 aromatic heterocycles. The van der Waals surface area contributed by atoms with Crippen LogP contribution >= 0.6 is 0 Å². The van der Waals surface area contributed by atoms with Gasteiger partial charge in [0.1, 0.15) is 0 Å². The molecule has 1 heteroatoms. The molecule has 1 nitrogen and oxygen atoms in total. The van der Waals surface area contributed by atoms with Gasteiger partial charge in [-0.05, 0) is 94.1 Å². The molecular formula is C47H39N. The zero-order valence-electron chi connectivity index (χ0n) is 27.3. The standard InChI is InChI=1S/C36H29N.C11H10/c1-3-10-28(11-4-1)18-19-29-20-22-30(23-21-29)31-24-26-34(27-25-31)37(33-14-5-2-6-15-33)36-17-9-13-32-12-7-8-16-35(32)36;1-9-5-4-7-10-6-2-3-8-11(9)10/h1-17,20-27H,18-19H2;2-8H,1H3. The summed E-state index contributed by atoms with van der Waals surface area (Å²) in [6, 6.07) is 69.2. The van der Waals surface area contributed by atoms with Crippen molar-refractivity contribution >= 4 is 38.6 Å². The minimum atomic E-state index is 1.06. The summed E-state index contributed by atoms with van der Waals surface area (Å²) in [5.41, 5.74) is 10.0. The van der Waals surface area contributed by atoms with Gasteiger partial charge in [-0.25, -0.2) is 0 Å². The van der Waals surface area contributed by atoms with Crippen molar-refractivity contribution < 1.29 is 0 Å². The van der Waals surface area contributed by atoms with Crippen molar-refractivity contribution in [3.63, 3.8) is 0 Å². The summed E-state index contributed by atoms with van der Waals surface area (Å²) >= 11 is 0. The number of para-hydroxylation sites is 1. The van der Waals surface area contributed by atoms with Gasteiger partial charge < -0.3 is 4.90 Å². The molecule has 0 atom stereocenters. The number of hydrogen-bond donors (Lipinski definition) is 0. The summed E-state index contributed by atoms with van der Waals surface area (Å²) in [7, 11) is 0.